The Morgan fingerprint density at radius 3 is 2.24 bits per heavy atom. The van der Waals surface area contributed by atoms with Crippen molar-refractivity contribution in [3.05, 3.63) is 52.2 Å². The van der Waals surface area contributed by atoms with E-state index in [0.29, 0.717) is 25.1 Å². The number of hydrogen-bond donors (Lipinski definition) is 0. The van der Waals surface area contributed by atoms with Crippen molar-refractivity contribution in [1.29, 1.82) is 0 Å². The number of pyridine rings is 1. The van der Waals surface area contributed by atoms with Gasteiger partial charge in [0, 0.05) is 43.7 Å². The van der Waals surface area contributed by atoms with Crippen LogP contribution in [0.5, 0.6) is 0 Å². The zero-order valence-electron chi connectivity index (χ0n) is 21.5. The van der Waals surface area contributed by atoms with Gasteiger partial charge in [-0.05, 0) is 58.4 Å². The molecular weight excluding hydrogens is 426 g/mol. The molecule has 0 aliphatic rings. The van der Waals surface area contributed by atoms with Crippen molar-refractivity contribution >= 4 is 22.8 Å². The van der Waals surface area contributed by atoms with Gasteiger partial charge in [-0.1, -0.05) is 34.4 Å². The van der Waals surface area contributed by atoms with Crippen LogP contribution in [0.15, 0.2) is 24.3 Å². The van der Waals surface area contributed by atoms with Gasteiger partial charge in [-0.3, -0.25) is 4.68 Å². The molecule has 34 heavy (non-hydrogen) atoms. The molecule has 0 bridgehead atoms. The number of tetrazole rings is 1. The van der Waals surface area contributed by atoms with Gasteiger partial charge in [0.25, 0.3) is 5.95 Å². The number of rotatable bonds is 8. The van der Waals surface area contributed by atoms with Crippen LogP contribution in [-0.2, 0) is 27.2 Å². The van der Waals surface area contributed by atoms with Crippen molar-refractivity contribution in [2.45, 2.75) is 60.7 Å². The average Bonchev–Trinajstić information content (AvgIpc) is 3.30. The second kappa shape index (κ2) is 9.40. The van der Waals surface area contributed by atoms with E-state index < -0.39 is 0 Å². The molecule has 0 aliphatic carbocycles. The van der Waals surface area contributed by atoms with Crippen LogP contribution in [0, 0.1) is 20.8 Å². The molecule has 0 fully saturated rings. The maximum absolute atomic E-state index is 5.11. The van der Waals surface area contributed by atoms with Gasteiger partial charge in [-0.2, -0.15) is 9.90 Å². The summed E-state index contributed by atoms with van der Waals surface area (Å²) in [5.41, 5.74) is 6.70. The van der Waals surface area contributed by atoms with E-state index in [1.54, 1.807) is 7.05 Å². The first kappa shape index (κ1) is 23.7. The summed E-state index contributed by atoms with van der Waals surface area (Å²) in [5.74, 6) is 1.57. The molecular formula is C25H35N9. The molecule has 180 valence electrons. The summed E-state index contributed by atoms with van der Waals surface area (Å²) in [5, 5.41) is 18.7. The topological polar surface area (TPSA) is 80.8 Å². The van der Waals surface area contributed by atoms with Gasteiger partial charge < -0.3 is 9.80 Å². The van der Waals surface area contributed by atoms with Gasteiger partial charge in [0.15, 0.2) is 5.65 Å². The van der Waals surface area contributed by atoms with Crippen molar-refractivity contribution in [1.82, 2.24) is 35.0 Å². The lowest BCUT2D eigenvalue weighted by molar-refractivity contribution is 0.628. The molecule has 0 N–H and O–H groups in total. The lowest BCUT2D eigenvalue weighted by atomic mass is 10.1. The standard InChI is InChI=1S/C25H35N9/c1-9-34(16(2)3)23-21(13-22-19(6)28-31(7)24(22)26-23)15-33(25-27-30-32(8)29-25)14-20-11-17(4)10-18(5)12-20/h10-13,16H,9,14-15H2,1-8H3. The summed E-state index contributed by atoms with van der Waals surface area (Å²) in [4.78, 5) is 11.1. The molecule has 4 rings (SSSR count). The minimum absolute atomic E-state index is 0.311. The summed E-state index contributed by atoms with van der Waals surface area (Å²) < 4.78 is 1.86. The Labute approximate surface area is 201 Å². The van der Waals surface area contributed by atoms with Gasteiger partial charge in [-0.25, -0.2) is 4.98 Å². The first-order valence-corrected chi connectivity index (χ1v) is 11.8. The summed E-state index contributed by atoms with van der Waals surface area (Å²) in [6.07, 6.45) is 0. The Kier molecular flexibility index (Phi) is 6.54. The molecule has 0 radical (unpaired) electrons. The van der Waals surface area contributed by atoms with Crippen molar-refractivity contribution in [2.24, 2.45) is 14.1 Å². The van der Waals surface area contributed by atoms with Gasteiger partial charge in [0.1, 0.15) is 5.82 Å². The molecule has 0 amide bonds. The number of aromatic nitrogens is 7. The maximum Gasteiger partial charge on any atom is 0.266 e. The van der Waals surface area contributed by atoms with Gasteiger partial charge in [0.05, 0.1) is 12.7 Å². The summed E-state index contributed by atoms with van der Waals surface area (Å²) in [6.45, 7) is 15.0. The number of fused-ring (bicyclic) bond motifs is 1. The van der Waals surface area contributed by atoms with Crippen molar-refractivity contribution in [2.75, 3.05) is 16.3 Å². The number of anilines is 2. The van der Waals surface area contributed by atoms with Crippen LogP contribution < -0.4 is 9.80 Å². The first-order chi connectivity index (χ1) is 16.2. The summed E-state index contributed by atoms with van der Waals surface area (Å²) in [7, 11) is 3.74. The monoisotopic (exact) mass is 461 g/mol. The third-order valence-corrected chi connectivity index (χ3v) is 6.09. The lowest BCUT2D eigenvalue weighted by Crippen LogP contribution is -2.33. The van der Waals surface area contributed by atoms with Crippen LogP contribution in [0.2, 0.25) is 0 Å². The molecule has 0 atom stereocenters. The second-order valence-electron chi connectivity index (χ2n) is 9.36. The number of nitrogens with zero attached hydrogens (tertiary/aromatic N) is 9. The second-order valence-corrected chi connectivity index (χ2v) is 9.36. The number of benzene rings is 1. The Morgan fingerprint density at radius 2 is 1.65 bits per heavy atom. The molecule has 0 spiro atoms. The molecule has 4 aromatic rings. The molecule has 1 aromatic carbocycles. The van der Waals surface area contributed by atoms with Crippen LogP contribution in [-0.4, -0.2) is 47.6 Å². The van der Waals surface area contributed by atoms with Crippen LogP contribution in [0.25, 0.3) is 11.0 Å². The fourth-order valence-corrected chi connectivity index (χ4v) is 4.68. The molecule has 0 saturated heterocycles. The molecule has 3 aromatic heterocycles. The third kappa shape index (κ3) is 4.73. The average molecular weight is 462 g/mol. The summed E-state index contributed by atoms with van der Waals surface area (Å²) in [6, 6.07) is 9.17. The highest BCUT2D eigenvalue weighted by atomic mass is 15.6. The molecule has 9 nitrogen and oxygen atoms in total. The maximum atomic E-state index is 5.11. The fourth-order valence-electron chi connectivity index (χ4n) is 4.68. The number of aryl methyl sites for hydroxylation is 5. The van der Waals surface area contributed by atoms with E-state index in [1.807, 2.05) is 18.7 Å². The first-order valence-electron chi connectivity index (χ1n) is 11.8. The normalized spacial score (nSPS) is 11.6. The lowest BCUT2D eigenvalue weighted by Gasteiger charge is -2.30. The minimum atomic E-state index is 0.311. The van der Waals surface area contributed by atoms with Crippen molar-refractivity contribution in [3.8, 4) is 0 Å². The van der Waals surface area contributed by atoms with Crippen LogP contribution in [0.1, 0.15) is 48.7 Å². The van der Waals surface area contributed by atoms with Crippen LogP contribution in [0.4, 0.5) is 11.8 Å². The smallest absolute Gasteiger partial charge is 0.266 e. The Bertz CT molecular complexity index is 1280. The van der Waals surface area contributed by atoms with Crippen molar-refractivity contribution < 1.29 is 0 Å². The third-order valence-electron chi connectivity index (χ3n) is 6.09. The fraction of sp³-hybridized carbons (Fsp3) is 0.480. The molecule has 0 aliphatic heterocycles. The van der Waals surface area contributed by atoms with E-state index in [9.17, 15) is 0 Å². The molecule has 0 unspecified atom stereocenters. The van der Waals surface area contributed by atoms with E-state index in [-0.39, 0.29) is 0 Å². The van der Waals surface area contributed by atoms with Gasteiger partial charge in [0.2, 0.25) is 0 Å². The zero-order valence-corrected chi connectivity index (χ0v) is 21.5. The Morgan fingerprint density at radius 1 is 0.941 bits per heavy atom. The molecule has 0 saturated carbocycles. The molecule has 3 heterocycles. The molecule has 9 heteroatoms. The highest BCUT2D eigenvalue weighted by Crippen LogP contribution is 2.29. The largest absolute Gasteiger partial charge is 0.354 e. The zero-order chi connectivity index (χ0) is 24.6. The van der Waals surface area contributed by atoms with Crippen LogP contribution >= 0.6 is 0 Å². The van der Waals surface area contributed by atoms with E-state index in [4.69, 9.17) is 4.98 Å². The Hall–Kier alpha value is -3.49. The van der Waals surface area contributed by atoms with E-state index >= 15 is 0 Å². The van der Waals surface area contributed by atoms with Crippen LogP contribution in [0.3, 0.4) is 0 Å². The van der Waals surface area contributed by atoms with Crippen molar-refractivity contribution in [3.63, 3.8) is 0 Å². The van der Waals surface area contributed by atoms with E-state index in [1.165, 1.54) is 21.5 Å². The van der Waals surface area contributed by atoms with Gasteiger partial charge in [-0.15, -0.1) is 5.10 Å². The Balaban J connectivity index is 1.83. The summed E-state index contributed by atoms with van der Waals surface area (Å²) >= 11 is 0. The van der Waals surface area contributed by atoms with E-state index in [2.05, 4.69) is 89.2 Å². The predicted octanol–water partition coefficient (Wildman–Crippen LogP) is 3.86. The highest BCUT2D eigenvalue weighted by molar-refractivity contribution is 5.81. The van der Waals surface area contributed by atoms with E-state index in [0.717, 1.165) is 34.7 Å². The quantitative estimate of drug-likeness (QED) is 0.394. The van der Waals surface area contributed by atoms with Gasteiger partial charge >= 0.3 is 0 Å². The predicted molar refractivity (Wildman–Crippen MR) is 136 cm³/mol. The SMILES string of the molecule is CCN(c1nc2c(cc1CN(Cc1cc(C)cc(C)c1)c1nnn(C)n1)c(C)nn2C)C(C)C. The minimum Gasteiger partial charge on any atom is -0.354 e. The number of hydrogen-bond acceptors (Lipinski definition) is 7. The highest BCUT2D eigenvalue weighted by Gasteiger charge is 2.22.